The number of aromatic nitrogens is 1. The molecule has 0 bridgehead atoms. The fourth-order valence-electron chi connectivity index (χ4n) is 2.67. The van der Waals surface area contributed by atoms with E-state index in [0.717, 1.165) is 10.9 Å². The molecule has 0 saturated carbocycles. The maximum Gasteiger partial charge on any atom is 0.266 e. The van der Waals surface area contributed by atoms with Gasteiger partial charge in [-0.1, -0.05) is 6.07 Å². The fourth-order valence-corrected chi connectivity index (χ4v) is 3.87. The molecule has 7 heteroatoms. The van der Waals surface area contributed by atoms with Crippen molar-refractivity contribution < 1.29 is 17.6 Å². The van der Waals surface area contributed by atoms with Crippen molar-refractivity contribution in [2.45, 2.75) is 4.90 Å². The normalized spacial score (nSPS) is 15.8. The Kier molecular flexibility index (Phi) is 2.47. The van der Waals surface area contributed by atoms with Gasteiger partial charge in [0.15, 0.2) is 0 Å². The second kappa shape index (κ2) is 4.17. The molecule has 0 saturated heterocycles. The van der Waals surface area contributed by atoms with Crippen LogP contribution in [0.25, 0.3) is 22.0 Å². The topological polar surface area (TPSA) is 79.0 Å². The van der Waals surface area contributed by atoms with E-state index in [-0.39, 0.29) is 16.3 Å². The highest BCUT2D eigenvalue weighted by atomic mass is 32.2. The predicted molar refractivity (Wildman–Crippen MR) is 78.3 cm³/mol. The standard InChI is InChI=1S/C15H9FN2O3S/c16-9-2-4-10-12(7-17-13(10)6-9)8-1-3-11-14(5-8)22(20,21)18-15(11)19/h1-7,17H,(H,18,19). The summed E-state index contributed by atoms with van der Waals surface area (Å²) in [6.45, 7) is 0. The molecule has 110 valence electrons. The van der Waals surface area contributed by atoms with E-state index >= 15 is 0 Å². The van der Waals surface area contributed by atoms with Gasteiger partial charge in [0.1, 0.15) is 10.7 Å². The van der Waals surface area contributed by atoms with Gasteiger partial charge in [0.25, 0.3) is 15.9 Å². The Morgan fingerprint density at radius 2 is 1.82 bits per heavy atom. The Morgan fingerprint density at radius 3 is 2.64 bits per heavy atom. The molecule has 1 aliphatic rings. The second-order valence-electron chi connectivity index (χ2n) is 5.04. The molecule has 5 nitrogen and oxygen atoms in total. The highest BCUT2D eigenvalue weighted by Crippen LogP contribution is 2.33. The number of benzene rings is 2. The molecule has 2 N–H and O–H groups in total. The largest absolute Gasteiger partial charge is 0.360 e. The van der Waals surface area contributed by atoms with E-state index < -0.39 is 15.9 Å². The van der Waals surface area contributed by atoms with Gasteiger partial charge < -0.3 is 4.98 Å². The molecule has 1 amide bonds. The van der Waals surface area contributed by atoms with Crippen LogP contribution in [-0.2, 0) is 10.0 Å². The van der Waals surface area contributed by atoms with Crippen LogP contribution in [0.15, 0.2) is 47.5 Å². The minimum Gasteiger partial charge on any atom is -0.360 e. The lowest BCUT2D eigenvalue weighted by atomic mass is 10.0. The molecular formula is C15H9FN2O3S. The fraction of sp³-hybridized carbons (Fsp3) is 0. The van der Waals surface area contributed by atoms with Crippen molar-refractivity contribution in [1.82, 2.24) is 9.71 Å². The maximum atomic E-state index is 13.2. The summed E-state index contributed by atoms with van der Waals surface area (Å²) in [5.74, 6) is -0.977. The number of hydrogen-bond acceptors (Lipinski definition) is 3. The number of hydrogen-bond donors (Lipinski definition) is 2. The molecule has 0 fully saturated rings. The van der Waals surface area contributed by atoms with E-state index in [1.807, 2.05) is 4.72 Å². The van der Waals surface area contributed by atoms with Crippen LogP contribution in [0.2, 0.25) is 0 Å². The number of fused-ring (bicyclic) bond motifs is 2. The number of nitrogens with one attached hydrogen (secondary N) is 2. The van der Waals surface area contributed by atoms with Gasteiger partial charge >= 0.3 is 0 Å². The van der Waals surface area contributed by atoms with E-state index in [2.05, 4.69) is 4.98 Å². The first-order valence-corrected chi connectivity index (χ1v) is 7.92. The van der Waals surface area contributed by atoms with Gasteiger partial charge in [-0.2, -0.15) is 0 Å². The van der Waals surface area contributed by atoms with Crippen molar-refractivity contribution in [1.29, 1.82) is 0 Å². The minimum absolute atomic E-state index is 0.0357. The Balaban J connectivity index is 1.96. The molecule has 4 rings (SSSR count). The quantitative estimate of drug-likeness (QED) is 0.723. The number of sulfonamides is 1. The van der Waals surface area contributed by atoms with Gasteiger partial charge in [0.2, 0.25) is 0 Å². The van der Waals surface area contributed by atoms with Crippen molar-refractivity contribution in [3.05, 3.63) is 54.0 Å². The average molecular weight is 316 g/mol. The SMILES string of the molecule is O=C1NS(=O)(=O)c2cc(-c3c[nH]c4cc(F)ccc34)ccc21. The number of carbonyl (C=O) groups is 1. The first-order chi connectivity index (χ1) is 10.5. The van der Waals surface area contributed by atoms with Crippen LogP contribution >= 0.6 is 0 Å². The van der Waals surface area contributed by atoms with E-state index in [9.17, 15) is 17.6 Å². The summed E-state index contributed by atoms with van der Waals surface area (Å²) in [6, 6.07) is 8.94. The highest BCUT2D eigenvalue weighted by molar-refractivity contribution is 7.90. The Labute approximate surface area is 124 Å². The van der Waals surface area contributed by atoms with Crippen LogP contribution in [-0.4, -0.2) is 19.3 Å². The Morgan fingerprint density at radius 1 is 1.00 bits per heavy atom. The molecule has 22 heavy (non-hydrogen) atoms. The van der Waals surface area contributed by atoms with Crippen LogP contribution in [0.4, 0.5) is 4.39 Å². The van der Waals surface area contributed by atoms with Crippen LogP contribution in [0.3, 0.4) is 0 Å². The lowest BCUT2D eigenvalue weighted by Crippen LogP contribution is -2.20. The van der Waals surface area contributed by atoms with E-state index in [1.54, 1.807) is 18.3 Å². The first kappa shape index (κ1) is 13.0. The summed E-state index contributed by atoms with van der Waals surface area (Å²) < 4.78 is 39.0. The van der Waals surface area contributed by atoms with Crippen LogP contribution in [0.5, 0.6) is 0 Å². The van der Waals surface area contributed by atoms with Crippen LogP contribution < -0.4 is 4.72 Å². The van der Waals surface area contributed by atoms with E-state index in [4.69, 9.17) is 0 Å². The maximum absolute atomic E-state index is 13.2. The van der Waals surface area contributed by atoms with Gasteiger partial charge in [-0.15, -0.1) is 0 Å². The zero-order valence-corrected chi connectivity index (χ0v) is 11.9. The summed E-state index contributed by atoms with van der Waals surface area (Å²) in [6.07, 6.45) is 1.68. The van der Waals surface area contributed by atoms with Gasteiger partial charge in [0, 0.05) is 22.7 Å². The Hall–Kier alpha value is -2.67. The number of rotatable bonds is 1. The summed E-state index contributed by atoms with van der Waals surface area (Å²) in [5.41, 5.74) is 2.13. The average Bonchev–Trinajstić information content (AvgIpc) is 2.97. The van der Waals surface area contributed by atoms with Crippen molar-refractivity contribution >= 4 is 26.8 Å². The number of aromatic amines is 1. The van der Waals surface area contributed by atoms with Gasteiger partial charge in [0.05, 0.1) is 5.56 Å². The molecule has 3 aromatic rings. The summed E-state index contributed by atoms with van der Waals surface area (Å²) in [4.78, 5) is 14.5. The van der Waals surface area contributed by atoms with Crippen LogP contribution in [0.1, 0.15) is 10.4 Å². The highest BCUT2D eigenvalue weighted by Gasteiger charge is 2.32. The smallest absolute Gasteiger partial charge is 0.266 e. The molecule has 0 unspecified atom stereocenters. The predicted octanol–water partition coefficient (Wildman–Crippen LogP) is 2.41. The first-order valence-electron chi connectivity index (χ1n) is 6.44. The molecule has 0 atom stereocenters. The number of halogens is 1. The number of H-pyrrole nitrogens is 1. The van der Waals surface area contributed by atoms with Crippen LogP contribution in [0, 0.1) is 5.82 Å². The van der Waals surface area contributed by atoms with Crippen molar-refractivity contribution in [3.63, 3.8) is 0 Å². The molecule has 0 aliphatic carbocycles. The monoisotopic (exact) mass is 316 g/mol. The lowest BCUT2D eigenvalue weighted by molar-refractivity contribution is 0.0985. The molecule has 0 spiro atoms. The lowest BCUT2D eigenvalue weighted by Gasteiger charge is -2.02. The van der Waals surface area contributed by atoms with Gasteiger partial charge in [-0.05, 0) is 35.9 Å². The number of carbonyl (C=O) groups excluding carboxylic acids is 1. The summed E-state index contributed by atoms with van der Waals surface area (Å²) in [5, 5.41) is 0.774. The van der Waals surface area contributed by atoms with Gasteiger partial charge in [-0.3, -0.25) is 4.79 Å². The zero-order chi connectivity index (χ0) is 15.5. The summed E-state index contributed by atoms with van der Waals surface area (Å²) in [7, 11) is -3.80. The zero-order valence-electron chi connectivity index (χ0n) is 11.1. The second-order valence-corrected chi connectivity index (χ2v) is 6.69. The third-order valence-corrected chi connectivity index (χ3v) is 5.07. The molecular weight excluding hydrogens is 307 g/mol. The van der Waals surface area contributed by atoms with Crippen molar-refractivity contribution in [2.75, 3.05) is 0 Å². The number of amides is 1. The van der Waals surface area contributed by atoms with Gasteiger partial charge in [-0.25, -0.2) is 17.5 Å². The van der Waals surface area contributed by atoms with Crippen molar-refractivity contribution in [2.24, 2.45) is 0 Å². The molecule has 2 heterocycles. The van der Waals surface area contributed by atoms with Crippen molar-refractivity contribution in [3.8, 4) is 11.1 Å². The molecule has 0 radical (unpaired) electrons. The minimum atomic E-state index is -3.80. The molecule has 1 aliphatic heterocycles. The van der Waals surface area contributed by atoms with E-state index in [1.165, 1.54) is 24.3 Å². The third-order valence-electron chi connectivity index (χ3n) is 3.70. The van der Waals surface area contributed by atoms with E-state index in [0.29, 0.717) is 11.1 Å². The third kappa shape index (κ3) is 1.75. The summed E-state index contributed by atoms with van der Waals surface area (Å²) >= 11 is 0. The molecule has 1 aromatic heterocycles. The molecule has 2 aromatic carbocycles. The Bertz CT molecular complexity index is 1050.